The third kappa shape index (κ3) is 4.73. The van der Waals surface area contributed by atoms with Crippen molar-refractivity contribution in [1.29, 1.82) is 0 Å². The molecule has 0 bridgehead atoms. The van der Waals surface area contributed by atoms with Gasteiger partial charge in [0.1, 0.15) is 5.75 Å². The van der Waals surface area contributed by atoms with Crippen molar-refractivity contribution in [3.05, 3.63) is 29.8 Å². The number of carbonyl (C=O) groups excluding carboxylic acids is 1. The molecule has 1 aromatic rings. The van der Waals surface area contributed by atoms with Gasteiger partial charge in [-0.1, -0.05) is 31.4 Å². The highest BCUT2D eigenvalue weighted by Gasteiger charge is 2.29. The molecule has 5 heteroatoms. The molecule has 1 saturated carbocycles. The Kier molecular flexibility index (Phi) is 6.32. The molecule has 0 aromatic heterocycles. The molecule has 25 heavy (non-hydrogen) atoms. The number of hydrogen-bond donors (Lipinski definition) is 1. The number of carbonyl (C=O) groups is 1. The Morgan fingerprint density at radius 3 is 2.60 bits per heavy atom. The van der Waals surface area contributed by atoms with E-state index in [1.165, 1.54) is 32.1 Å². The predicted octanol–water partition coefficient (Wildman–Crippen LogP) is 2.42. The highest BCUT2D eigenvalue weighted by Crippen LogP contribution is 2.24. The molecule has 2 aliphatic rings. The van der Waals surface area contributed by atoms with Gasteiger partial charge in [0.2, 0.25) is 0 Å². The van der Waals surface area contributed by atoms with Gasteiger partial charge < -0.3 is 14.7 Å². The zero-order chi connectivity index (χ0) is 17.6. The van der Waals surface area contributed by atoms with Crippen molar-refractivity contribution in [2.45, 2.75) is 57.8 Å². The van der Waals surface area contributed by atoms with Crippen molar-refractivity contribution < 1.29 is 14.6 Å². The first-order chi connectivity index (χ1) is 12.2. The molecule has 0 radical (unpaired) electrons. The number of nitrogens with zero attached hydrogens (tertiary/aromatic N) is 2. The molecule has 5 nitrogen and oxygen atoms in total. The van der Waals surface area contributed by atoms with Crippen LogP contribution in [0.15, 0.2) is 24.3 Å². The van der Waals surface area contributed by atoms with Gasteiger partial charge in [-0.15, -0.1) is 0 Å². The maximum atomic E-state index is 12.7. The lowest BCUT2D eigenvalue weighted by Gasteiger charge is -2.41. The van der Waals surface area contributed by atoms with Crippen LogP contribution in [0.1, 0.15) is 44.6 Å². The summed E-state index contributed by atoms with van der Waals surface area (Å²) in [5, 5.41) is 9.21. The Labute approximate surface area is 150 Å². The number of aliphatic hydroxyl groups excluding tert-OH is 1. The number of benzene rings is 1. The molecule has 1 aromatic carbocycles. The average molecular weight is 346 g/mol. The van der Waals surface area contributed by atoms with Crippen molar-refractivity contribution in [2.75, 3.05) is 26.2 Å². The second-order valence-electron chi connectivity index (χ2n) is 7.22. The normalized spacial score (nSPS) is 21.1. The van der Waals surface area contributed by atoms with Crippen molar-refractivity contribution in [1.82, 2.24) is 9.80 Å². The molecule has 1 aliphatic heterocycles. The zero-order valence-electron chi connectivity index (χ0n) is 15.2. The van der Waals surface area contributed by atoms with Gasteiger partial charge in [0.15, 0.2) is 6.10 Å². The minimum absolute atomic E-state index is 0.0251. The van der Waals surface area contributed by atoms with E-state index in [0.717, 1.165) is 37.8 Å². The summed E-state index contributed by atoms with van der Waals surface area (Å²) in [5.41, 5.74) is 0.790. The fourth-order valence-electron chi connectivity index (χ4n) is 3.98. The van der Waals surface area contributed by atoms with E-state index < -0.39 is 6.10 Å². The standard InChI is InChI=1S/C20H30N2O3/c1-16(25-19-9-5-6-17(14-19)15-23)20(24)22-12-10-21(11-13-22)18-7-3-2-4-8-18/h5-6,9,14,16,18,23H,2-4,7-8,10-13,15H2,1H3. The Morgan fingerprint density at radius 2 is 1.92 bits per heavy atom. The fraction of sp³-hybridized carbons (Fsp3) is 0.650. The Balaban J connectivity index is 1.49. The van der Waals surface area contributed by atoms with Crippen molar-refractivity contribution in [3.63, 3.8) is 0 Å². The lowest BCUT2D eigenvalue weighted by molar-refractivity contribution is -0.140. The quantitative estimate of drug-likeness (QED) is 0.890. The van der Waals surface area contributed by atoms with Crippen molar-refractivity contribution in [2.24, 2.45) is 0 Å². The van der Waals surface area contributed by atoms with Crippen LogP contribution in [-0.4, -0.2) is 59.1 Å². The molecular formula is C20H30N2O3. The summed E-state index contributed by atoms with van der Waals surface area (Å²) < 4.78 is 5.80. The monoisotopic (exact) mass is 346 g/mol. The van der Waals surface area contributed by atoms with Gasteiger partial charge >= 0.3 is 0 Å². The molecule has 138 valence electrons. The summed E-state index contributed by atoms with van der Waals surface area (Å²) in [6, 6.07) is 8.00. The molecule has 1 N–H and O–H groups in total. The second-order valence-corrected chi connectivity index (χ2v) is 7.22. The van der Waals surface area contributed by atoms with E-state index in [2.05, 4.69) is 4.90 Å². The summed E-state index contributed by atoms with van der Waals surface area (Å²) in [6.45, 7) is 5.32. The minimum Gasteiger partial charge on any atom is -0.481 e. The van der Waals surface area contributed by atoms with Crippen LogP contribution in [0.3, 0.4) is 0 Å². The number of ether oxygens (including phenoxy) is 1. The molecule has 2 fully saturated rings. The molecule has 1 heterocycles. The first-order valence-corrected chi connectivity index (χ1v) is 9.56. The molecular weight excluding hydrogens is 316 g/mol. The van der Waals surface area contributed by atoms with Crippen molar-refractivity contribution in [3.8, 4) is 5.75 Å². The van der Waals surface area contributed by atoms with Crippen LogP contribution in [0.25, 0.3) is 0 Å². The smallest absolute Gasteiger partial charge is 0.263 e. The van der Waals surface area contributed by atoms with Gasteiger partial charge in [0, 0.05) is 32.2 Å². The van der Waals surface area contributed by atoms with E-state index in [-0.39, 0.29) is 12.5 Å². The molecule has 1 unspecified atom stereocenters. The van der Waals surface area contributed by atoms with E-state index in [1.54, 1.807) is 6.07 Å². The highest BCUT2D eigenvalue weighted by molar-refractivity contribution is 5.81. The van der Waals surface area contributed by atoms with Crippen LogP contribution in [0, 0.1) is 0 Å². The van der Waals surface area contributed by atoms with Gasteiger partial charge in [-0.25, -0.2) is 0 Å². The van der Waals surface area contributed by atoms with E-state index in [1.807, 2.05) is 30.0 Å². The number of aliphatic hydroxyl groups is 1. The van der Waals surface area contributed by atoms with Gasteiger partial charge in [0.05, 0.1) is 6.61 Å². The van der Waals surface area contributed by atoms with Crippen LogP contribution >= 0.6 is 0 Å². The third-order valence-electron chi connectivity index (χ3n) is 5.46. The minimum atomic E-state index is -0.504. The Bertz CT molecular complexity index is 564. The molecule has 0 spiro atoms. The lowest BCUT2D eigenvalue weighted by atomic mass is 9.94. The van der Waals surface area contributed by atoms with Gasteiger partial charge in [-0.3, -0.25) is 9.69 Å². The fourth-order valence-corrected chi connectivity index (χ4v) is 3.98. The highest BCUT2D eigenvalue weighted by atomic mass is 16.5. The van der Waals surface area contributed by atoms with Gasteiger partial charge in [-0.05, 0) is 37.5 Å². The van der Waals surface area contributed by atoms with E-state index in [9.17, 15) is 9.90 Å². The molecule has 1 saturated heterocycles. The number of rotatable bonds is 5. The van der Waals surface area contributed by atoms with Crippen LogP contribution < -0.4 is 4.74 Å². The third-order valence-corrected chi connectivity index (χ3v) is 5.46. The van der Waals surface area contributed by atoms with Crippen LogP contribution in [0.5, 0.6) is 5.75 Å². The summed E-state index contributed by atoms with van der Waals surface area (Å²) in [4.78, 5) is 17.2. The average Bonchev–Trinajstić information content (AvgIpc) is 2.68. The summed E-state index contributed by atoms with van der Waals surface area (Å²) in [6.07, 6.45) is 6.20. The first-order valence-electron chi connectivity index (χ1n) is 9.56. The maximum Gasteiger partial charge on any atom is 0.263 e. The summed E-state index contributed by atoms with van der Waals surface area (Å²) >= 11 is 0. The molecule has 3 rings (SSSR count). The molecule has 1 atom stereocenters. The Hall–Kier alpha value is -1.59. The SMILES string of the molecule is CC(Oc1cccc(CO)c1)C(=O)N1CCN(C2CCCCC2)CC1. The molecule has 1 amide bonds. The largest absolute Gasteiger partial charge is 0.481 e. The van der Waals surface area contributed by atoms with E-state index in [4.69, 9.17) is 4.74 Å². The summed E-state index contributed by atoms with van der Waals surface area (Å²) in [5.74, 6) is 0.686. The number of amides is 1. The van der Waals surface area contributed by atoms with E-state index >= 15 is 0 Å². The van der Waals surface area contributed by atoms with Gasteiger partial charge in [0.25, 0.3) is 5.91 Å². The predicted molar refractivity (Wildman–Crippen MR) is 97.5 cm³/mol. The van der Waals surface area contributed by atoms with Crippen molar-refractivity contribution >= 4 is 5.91 Å². The lowest BCUT2D eigenvalue weighted by Crippen LogP contribution is -2.54. The molecule has 1 aliphatic carbocycles. The Morgan fingerprint density at radius 1 is 1.20 bits per heavy atom. The van der Waals surface area contributed by atoms with E-state index in [0.29, 0.717) is 5.75 Å². The summed E-state index contributed by atoms with van der Waals surface area (Å²) in [7, 11) is 0. The van der Waals surface area contributed by atoms with Crippen LogP contribution in [-0.2, 0) is 11.4 Å². The zero-order valence-corrected chi connectivity index (χ0v) is 15.2. The topological polar surface area (TPSA) is 53.0 Å². The second kappa shape index (κ2) is 8.68. The van der Waals surface area contributed by atoms with Gasteiger partial charge in [-0.2, -0.15) is 0 Å². The number of hydrogen-bond acceptors (Lipinski definition) is 4. The van der Waals surface area contributed by atoms with Crippen LogP contribution in [0.2, 0.25) is 0 Å². The maximum absolute atomic E-state index is 12.7. The van der Waals surface area contributed by atoms with Crippen LogP contribution in [0.4, 0.5) is 0 Å². The first kappa shape index (κ1) is 18.2. The number of piperazine rings is 1.